The van der Waals surface area contributed by atoms with Crippen LogP contribution in [-0.4, -0.2) is 54.1 Å². The summed E-state index contributed by atoms with van der Waals surface area (Å²) in [5.41, 5.74) is 1.02. The second kappa shape index (κ2) is 8.46. The molecular weight excluding hydrogens is 348 g/mol. The van der Waals surface area contributed by atoms with E-state index in [1.165, 1.54) is 11.3 Å². The minimum absolute atomic E-state index is 0.247. The number of piperazine rings is 1. The zero-order chi connectivity index (χ0) is 18.5. The fraction of sp³-hybridized carbons (Fsp3) is 0.500. The Labute approximate surface area is 158 Å². The van der Waals surface area contributed by atoms with E-state index in [1.807, 2.05) is 18.3 Å². The molecule has 7 nitrogen and oxygen atoms in total. The fourth-order valence-electron chi connectivity index (χ4n) is 2.80. The van der Waals surface area contributed by atoms with Crippen molar-refractivity contribution in [3.8, 4) is 0 Å². The summed E-state index contributed by atoms with van der Waals surface area (Å²) >= 11 is 1.51. The minimum atomic E-state index is -0.247. The molecule has 1 aliphatic rings. The van der Waals surface area contributed by atoms with Crippen molar-refractivity contribution in [1.29, 1.82) is 0 Å². The predicted molar refractivity (Wildman–Crippen MR) is 106 cm³/mol. The van der Waals surface area contributed by atoms with E-state index in [0.717, 1.165) is 42.4 Å². The maximum absolute atomic E-state index is 12.2. The first-order valence-electron chi connectivity index (χ1n) is 8.91. The number of pyridine rings is 1. The summed E-state index contributed by atoms with van der Waals surface area (Å²) in [5.74, 6) is 1.37. The highest BCUT2D eigenvalue weighted by molar-refractivity contribution is 7.15. The molecule has 0 aliphatic carbocycles. The van der Waals surface area contributed by atoms with Crippen LogP contribution in [0.3, 0.4) is 0 Å². The summed E-state index contributed by atoms with van der Waals surface area (Å²) < 4.78 is 0. The van der Waals surface area contributed by atoms with Crippen molar-refractivity contribution in [2.75, 3.05) is 43.4 Å². The van der Waals surface area contributed by atoms with Gasteiger partial charge in [-0.05, 0) is 19.0 Å². The van der Waals surface area contributed by atoms with E-state index in [9.17, 15) is 4.79 Å². The van der Waals surface area contributed by atoms with Crippen LogP contribution in [0.1, 0.15) is 30.2 Å². The Balaban J connectivity index is 1.58. The van der Waals surface area contributed by atoms with E-state index >= 15 is 0 Å². The van der Waals surface area contributed by atoms with Crippen molar-refractivity contribution in [1.82, 2.24) is 20.2 Å². The van der Waals surface area contributed by atoms with E-state index in [0.29, 0.717) is 17.6 Å². The lowest BCUT2D eigenvalue weighted by atomic mass is 10.2. The predicted octanol–water partition coefficient (Wildman–Crippen LogP) is 2.74. The van der Waals surface area contributed by atoms with Crippen molar-refractivity contribution in [3.63, 3.8) is 0 Å². The standard InChI is InChI=1S/C18H26N6OS/c1-13(2)15-12-21-18(26-15)22-17(25)20-11-14-5-4-6-19-16(14)24-9-7-23(3)8-10-24/h4-6,12-13H,7-11H2,1-3H3,(H2,20,21,22,25). The number of rotatable bonds is 5. The van der Waals surface area contributed by atoms with Gasteiger partial charge in [-0.15, -0.1) is 11.3 Å². The van der Waals surface area contributed by atoms with Gasteiger partial charge in [0.05, 0.1) is 0 Å². The van der Waals surface area contributed by atoms with Crippen LogP contribution < -0.4 is 15.5 Å². The van der Waals surface area contributed by atoms with Gasteiger partial charge in [0.2, 0.25) is 0 Å². The molecule has 0 radical (unpaired) electrons. The van der Waals surface area contributed by atoms with Crippen LogP contribution in [0.25, 0.3) is 0 Å². The molecule has 0 aromatic carbocycles. The third-order valence-electron chi connectivity index (χ3n) is 4.42. The largest absolute Gasteiger partial charge is 0.354 e. The molecule has 26 heavy (non-hydrogen) atoms. The van der Waals surface area contributed by atoms with Crippen LogP contribution in [0.4, 0.5) is 15.7 Å². The maximum Gasteiger partial charge on any atom is 0.321 e. The number of aromatic nitrogens is 2. The molecule has 8 heteroatoms. The molecule has 140 valence electrons. The number of anilines is 2. The highest BCUT2D eigenvalue weighted by Crippen LogP contribution is 2.25. The van der Waals surface area contributed by atoms with Crippen LogP contribution in [0, 0.1) is 0 Å². The maximum atomic E-state index is 12.2. The van der Waals surface area contributed by atoms with Crippen LogP contribution in [0.5, 0.6) is 0 Å². The third-order valence-corrected chi connectivity index (χ3v) is 5.64. The van der Waals surface area contributed by atoms with Gasteiger partial charge in [-0.25, -0.2) is 14.8 Å². The second-order valence-corrected chi connectivity index (χ2v) is 7.87. The lowest BCUT2D eigenvalue weighted by molar-refractivity contribution is 0.251. The van der Waals surface area contributed by atoms with Crippen molar-refractivity contribution in [2.45, 2.75) is 26.3 Å². The molecule has 2 amide bonds. The number of hydrogen-bond acceptors (Lipinski definition) is 6. The highest BCUT2D eigenvalue weighted by atomic mass is 32.1. The lowest BCUT2D eigenvalue weighted by Gasteiger charge is -2.34. The molecule has 1 saturated heterocycles. The average Bonchev–Trinajstić information content (AvgIpc) is 3.10. The summed E-state index contributed by atoms with van der Waals surface area (Å²) in [6.45, 7) is 8.59. The van der Waals surface area contributed by atoms with Crippen LogP contribution >= 0.6 is 11.3 Å². The van der Waals surface area contributed by atoms with Gasteiger partial charge in [0.1, 0.15) is 5.82 Å². The number of nitrogens with zero attached hydrogens (tertiary/aromatic N) is 4. The number of likely N-dealkylation sites (N-methyl/N-ethyl adjacent to an activating group) is 1. The van der Waals surface area contributed by atoms with Crippen LogP contribution in [0.15, 0.2) is 24.5 Å². The molecule has 3 rings (SSSR count). The first-order chi connectivity index (χ1) is 12.5. The van der Waals surface area contributed by atoms with Gasteiger partial charge >= 0.3 is 6.03 Å². The van der Waals surface area contributed by atoms with Crippen molar-refractivity contribution in [3.05, 3.63) is 35.0 Å². The highest BCUT2D eigenvalue weighted by Gasteiger charge is 2.18. The summed E-state index contributed by atoms with van der Waals surface area (Å²) in [6.07, 6.45) is 3.62. The van der Waals surface area contributed by atoms with Crippen LogP contribution in [-0.2, 0) is 6.54 Å². The number of thiazole rings is 1. The van der Waals surface area contributed by atoms with Crippen molar-refractivity contribution >= 4 is 28.3 Å². The monoisotopic (exact) mass is 374 g/mol. The van der Waals surface area contributed by atoms with E-state index in [2.05, 4.69) is 51.3 Å². The third kappa shape index (κ3) is 4.70. The SMILES string of the molecule is CC(C)c1cnc(NC(=O)NCc2cccnc2N2CCN(C)CC2)s1. The van der Waals surface area contributed by atoms with Gasteiger partial charge in [-0.1, -0.05) is 19.9 Å². The first kappa shape index (κ1) is 18.6. The number of amides is 2. The summed E-state index contributed by atoms with van der Waals surface area (Å²) in [4.78, 5) is 26.7. The molecule has 0 saturated carbocycles. The summed E-state index contributed by atoms with van der Waals surface area (Å²) in [7, 11) is 2.13. The Morgan fingerprint density at radius 3 is 2.73 bits per heavy atom. The van der Waals surface area contributed by atoms with Gasteiger partial charge in [-0.3, -0.25) is 5.32 Å². The van der Waals surface area contributed by atoms with Gasteiger partial charge in [0, 0.05) is 55.6 Å². The van der Waals surface area contributed by atoms with Gasteiger partial charge in [0.25, 0.3) is 0 Å². The summed E-state index contributed by atoms with van der Waals surface area (Å²) in [5, 5.41) is 6.34. The molecule has 1 fully saturated rings. The van der Waals surface area contributed by atoms with Crippen LogP contribution in [0.2, 0.25) is 0 Å². The van der Waals surface area contributed by atoms with E-state index < -0.39 is 0 Å². The minimum Gasteiger partial charge on any atom is -0.354 e. The quantitative estimate of drug-likeness (QED) is 0.842. The molecule has 3 heterocycles. The van der Waals surface area contributed by atoms with Crippen molar-refractivity contribution < 1.29 is 4.79 Å². The number of nitrogens with one attached hydrogen (secondary N) is 2. The molecule has 2 aromatic heterocycles. The van der Waals surface area contributed by atoms with E-state index in [4.69, 9.17) is 0 Å². The topological polar surface area (TPSA) is 73.4 Å². The fourth-order valence-corrected chi connectivity index (χ4v) is 3.61. The molecular formula is C18H26N6OS. The van der Waals surface area contributed by atoms with Crippen molar-refractivity contribution in [2.24, 2.45) is 0 Å². The molecule has 0 unspecified atom stereocenters. The number of carbonyl (C=O) groups is 1. The summed E-state index contributed by atoms with van der Waals surface area (Å²) in [6, 6.07) is 3.67. The molecule has 1 aliphatic heterocycles. The van der Waals surface area contributed by atoms with Gasteiger partial charge in [0.15, 0.2) is 5.13 Å². The smallest absolute Gasteiger partial charge is 0.321 e. The Kier molecular flexibility index (Phi) is 6.05. The average molecular weight is 375 g/mol. The lowest BCUT2D eigenvalue weighted by Crippen LogP contribution is -2.45. The second-order valence-electron chi connectivity index (χ2n) is 6.81. The first-order valence-corrected chi connectivity index (χ1v) is 9.72. The Bertz CT molecular complexity index is 739. The molecule has 0 bridgehead atoms. The molecule has 2 N–H and O–H groups in total. The van der Waals surface area contributed by atoms with Gasteiger partial charge in [-0.2, -0.15) is 0 Å². The zero-order valence-corrected chi connectivity index (χ0v) is 16.3. The molecule has 2 aromatic rings. The normalized spacial score (nSPS) is 15.3. The number of hydrogen-bond donors (Lipinski definition) is 2. The Morgan fingerprint density at radius 2 is 2.04 bits per heavy atom. The number of carbonyl (C=O) groups excluding carboxylic acids is 1. The zero-order valence-electron chi connectivity index (χ0n) is 15.5. The Hall–Kier alpha value is -2.19. The molecule has 0 spiro atoms. The molecule has 0 atom stereocenters. The van der Waals surface area contributed by atoms with Gasteiger partial charge < -0.3 is 15.1 Å². The van der Waals surface area contributed by atoms with E-state index in [1.54, 1.807) is 6.20 Å². The Morgan fingerprint density at radius 1 is 1.27 bits per heavy atom. The number of urea groups is 1. The van der Waals surface area contributed by atoms with E-state index in [-0.39, 0.29) is 6.03 Å².